The fourth-order valence-corrected chi connectivity index (χ4v) is 1.80. The third-order valence-corrected chi connectivity index (χ3v) is 3.38. The summed E-state index contributed by atoms with van der Waals surface area (Å²) in [6.07, 6.45) is 0.939. The average Bonchev–Trinajstić information content (AvgIpc) is 2.83. The molecule has 0 amide bonds. The zero-order valence-corrected chi connectivity index (χ0v) is 12.9. The number of thioether (sulfide) groups is 1. The Morgan fingerprint density at radius 2 is 2.16 bits per heavy atom. The van der Waals surface area contributed by atoms with E-state index in [1.165, 1.54) is 0 Å². The van der Waals surface area contributed by atoms with Crippen LogP contribution in [0.4, 0.5) is 0 Å². The van der Waals surface area contributed by atoms with Crippen LogP contribution in [0.15, 0.2) is 9.64 Å². The Bertz CT molecular complexity index is 389. The Morgan fingerprint density at radius 1 is 1.47 bits per heavy atom. The van der Waals surface area contributed by atoms with E-state index in [4.69, 9.17) is 14.9 Å². The third-order valence-electron chi connectivity index (χ3n) is 2.58. The molecular weight excluding hydrogens is 290 g/mol. The molecule has 1 rings (SSSR count). The van der Waals surface area contributed by atoms with Gasteiger partial charge in [-0.1, -0.05) is 32.0 Å². The molecule has 1 unspecified atom stereocenters. The number of ether oxygens (including phenoxy) is 1. The molecule has 6 nitrogen and oxygen atoms in total. The zero-order chi connectivity index (χ0) is 13.5. The van der Waals surface area contributed by atoms with Crippen molar-refractivity contribution >= 4 is 30.1 Å². The molecule has 19 heavy (non-hydrogen) atoms. The predicted octanol–water partition coefficient (Wildman–Crippen LogP) is 2.19. The SMILES string of the molecule is CCOC(=O)CSc1nnc([C@@H](N)C(C)CC)o1.Cl. The average molecular weight is 310 g/mol. The molecule has 0 saturated carbocycles. The van der Waals surface area contributed by atoms with Crippen LogP contribution in [-0.2, 0) is 9.53 Å². The Kier molecular flexibility index (Phi) is 8.79. The van der Waals surface area contributed by atoms with Crippen molar-refractivity contribution in [2.45, 2.75) is 38.5 Å². The second-order valence-corrected chi connectivity index (χ2v) is 4.84. The summed E-state index contributed by atoms with van der Waals surface area (Å²) in [6, 6.07) is -0.264. The Morgan fingerprint density at radius 3 is 2.74 bits per heavy atom. The van der Waals surface area contributed by atoms with Gasteiger partial charge in [0, 0.05) is 0 Å². The number of halogens is 1. The van der Waals surface area contributed by atoms with Crippen LogP contribution in [0.2, 0.25) is 0 Å². The van der Waals surface area contributed by atoms with Gasteiger partial charge in [0.25, 0.3) is 5.22 Å². The predicted molar refractivity (Wildman–Crippen MR) is 75.3 cm³/mol. The van der Waals surface area contributed by atoms with Gasteiger partial charge in [0.1, 0.15) is 5.75 Å². The van der Waals surface area contributed by atoms with Gasteiger partial charge in [-0.15, -0.1) is 22.6 Å². The first kappa shape index (κ1) is 18.2. The monoisotopic (exact) mass is 309 g/mol. The molecule has 1 heterocycles. The number of carbonyl (C=O) groups is 1. The summed E-state index contributed by atoms with van der Waals surface area (Å²) in [5.74, 6) is 0.547. The molecule has 0 bridgehead atoms. The van der Waals surface area contributed by atoms with E-state index in [0.717, 1.165) is 18.2 Å². The van der Waals surface area contributed by atoms with Gasteiger partial charge in [-0.25, -0.2) is 0 Å². The molecule has 0 aromatic carbocycles. The van der Waals surface area contributed by atoms with Crippen molar-refractivity contribution in [1.82, 2.24) is 10.2 Å². The molecule has 0 spiro atoms. The minimum atomic E-state index is -0.298. The highest BCUT2D eigenvalue weighted by Gasteiger charge is 2.20. The van der Waals surface area contributed by atoms with Crippen LogP contribution in [0.1, 0.15) is 39.1 Å². The molecule has 0 aliphatic rings. The van der Waals surface area contributed by atoms with Crippen LogP contribution >= 0.6 is 24.2 Å². The van der Waals surface area contributed by atoms with Crippen LogP contribution in [-0.4, -0.2) is 28.5 Å². The summed E-state index contributed by atoms with van der Waals surface area (Å²) in [5.41, 5.74) is 5.97. The van der Waals surface area contributed by atoms with Crippen LogP contribution in [0, 0.1) is 5.92 Å². The van der Waals surface area contributed by atoms with Gasteiger partial charge in [0.05, 0.1) is 12.6 Å². The van der Waals surface area contributed by atoms with Crippen molar-refractivity contribution in [3.8, 4) is 0 Å². The Labute approximate surface area is 123 Å². The fourth-order valence-electron chi connectivity index (χ4n) is 1.23. The van der Waals surface area contributed by atoms with Crippen LogP contribution in [0.25, 0.3) is 0 Å². The topological polar surface area (TPSA) is 91.2 Å². The van der Waals surface area contributed by atoms with Crippen molar-refractivity contribution < 1.29 is 13.9 Å². The second kappa shape index (κ2) is 9.17. The number of hydrogen-bond acceptors (Lipinski definition) is 7. The van der Waals surface area contributed by atoms with Gasteiger partial charge in [-0.05, 0) is 12.8 Å². The van der Waals surface area contributed by atoms with E-state index in [0.29, 0.717) is 17.7 Å². The van der Waals surface area contributed by atoms with Crippen molar-refractivity contribution in [2.24, 2.45) is 11.7 Å². The van der Waals surface area contributed by atoms with Crippen molar-refractivity contribution in [3.63, 3.8) is 0 Å². The minimum absolute atomic E-state index is 0. The zero-order valence-electron chi connectivity index (χ0n) is 11.3. The first-order valence-electron chi connectivity index (χ1n) is 5.95. The van der Waals surface area contributed by atoms with Gasteiger partial charge < -0.3 is 14.9 Å². The molecule has 0 fully saturated rings. The van der Waals surface area contributed by atoms with E-state index < -0.39 is 0 Å². The number of aromatic nitrogens is 2. The molecule has 2 atom stereocenters. The maximum atomic E-state index is 11.2. The highest BCUT2D eigenvalue weighted by Crippen LogP contribution is 2.24. The normalized spacial score (nSPS) is 13.5. The van der Waals surface area contributed by atoms with E-state index in [-0.39, 0.29) is 36.1 Å². The highest BCUT2D eigenvalue weighted by atomic mass is 35.5. The number of nitrogens with two attached hydrogens (primary N) is 1. The molecule has 1 aromatic heterocycles. The molecule has 8 heteroatoms. The maximum absolute atomic E-state index is 11.2. The number of nitrogens with zero attached hydrogens (tertiary/aromatic N) is 2. The molecule has 0 radical (unpaired) electrons. The molecule has 110 valence electrons. The number of rotatable bonds is 7. The number of carbonyl (C=O) groups excluding carboxylic acids is 1. The maximum Gasteiger partial charge on any atom is 0.316 e. The van der Waals surface area contributed by atoms with Crippen LogP contribution in [0.3, 0.4) is 0 Å². The van der Waals surface area contributed by atoms with E-state index in [9.17, 15) is 4.79 Å². The molecule has 2 N–H and O–H groups in total. The summed E-state index contributed by atoms with van der Waals surface area (Å²) in [5, 5.41) is 8.08. The Hall–Kier alpha value is -0.790. The second-order valence-electron chi connectivity index (χ2n) is 3.91. The van der Waals surface area contributed by atoms with E-state index in [1.54, 1.807) is 6.92 Å². The largest absolute Gasteiger partial charge is 0.465 e. The third kappa shape index (κ3) is 5.80. The first-order chi connectivity index (χ1) is 8.58. The standard InChI is InChI=1S/C11H19N3O3S.ClH/c1-4-7(3)9(12)10-13-14-11(17-10)18-6-8(15)16-5-2;/h7,9H,4-6,12H2,1-3H3;1H/t7?,9-;/m0./s1. The fraction of sp³-hybridized carbons (Fsp3) is 0.727. The van der Waals surface area contributed by atoms with Gasteiger partial charge in [-0.2, -0.15) is 0 Å². The minimum Gasteiger partial charge on any atom is -0.465 e. The molecule has 1 aromatic rings. The Balaban J connectivity index is 0.00000324. The van der Waals surface area contributed by atoms with Crippen LogP contribution < -0.4 is 5.73 Å². The van der Waals surface area contributed by atoms with Gasteiger partial charge in [0.2, 0.25) is 5.89 Å². The van der Waals surface area contributed by atoms with Gasteiger partial charge in [-0.3, -0.25) is 4.79 Å². The lowest BCUT2D eigenvalue weighted by atomic mass is 10.0. The first-order valence-corrected chi connectivity index (χ1v) is 6.94. The lowest BCUT2D eigenvalue weighted by molar-refractivity contribution is -0.139. The lowest BCUT2D eigenvalue weighted by Crippen LogP contribution is -2.18. The molecule has 0 aliphatic heterocycles. The van der Waals surface area contributed by atoms with Crippen molar-refractivity contribution in [3.05, 3.63) is 5.89 Å². The number of esters is 1. The lowest BCUT2D eigenvalue weighted by Gasteiger charge is -2.13. The smallest absolute Gasteiger partial charge is 0.316 e. The van der Waals surface area contributed by atoms with Crippen molar-refractivity contribution in [1.29, 1.82) is 0 Å². The van der Waals surface area contributed by atoms with E-state index >= 15 is 0 Å². The molecule has 0 saturated heterocycles. The van der Waals surface area contributed by atoms with E-state index in [1.807, 2.05) is 6.92 Å². The molecular formula is C11H20ClN3O3S. The highest BCUT2D eigenvalue weighted by molar-refractivity contribution is 7.99. The summed E-state index contributed by atoms with van der Waals surface area (Å²) in [7, 11) is 0. The van der Waals surface area contributed by atoms with E-state index in [2.05, 4.69) is 17.1 Å². The van der Waals surface area contributed by atoms with Gasteiger partial charge in [0.15, 0.2) is 0 Å². The summed E-state index contributed by atoms with van der Waals surface area (Å²) >= 11 is 1.16. The summed E-state index contributed by atoms with van der Waals surface area (Å²) < 4.78 is 10.2. The molecule has 0 aliphatic carbocycles. The summed E-state index contributed by atoms with van der Waals surface area (Å²) in [4.78, 5) is 11.2. The van der Waals surface area contributed by atoms with Crippen LogP contribution in [0.5, 0.6) is 0 Å². The van der Waals surface area contributed by atoms with Gasteiger partial charge >= 0.3 is 5.97 Å². The quantitative estimate of drug-likeness (QED) is 0.609. The van der Waals surface area contributed by atoms with Crippen molar-refractivity contribution in [2.75, 3.05) is 12.4 Å². The summed E-state index contributed by atoms with van der Waals surface area (Å²) in [6.45, 7) is 6.21. The number of hydrogen-bond donors (Lipinski definition) is 1.